The van der Waals surface area contributed by atoms with E-state index in [2.05, 4.69) is 18.8 Å². The molecule has 2 aromatic carbocycles. The van der Waals surface area contributed by atoms with Gasteiger partial charge in [0.2, 0.25) is 5.91 Å². The topological polar surface area (TPSA) is 69.6 Å². The fraction of sp³-hybridized carbons (Fsp3) is 0.273. The molecule has 2 N–H and O–H groups in total. The van der Waals surface area contributed by atoms with Crippen LogP contribution >= 0.6 is 0 Å². The summed E-state index contributed by atoms with van der Waals surface area (Å²) in [7, 11) is 0. The molecule has 0 radical (unpaired) electrons. The van der Waals surface area contributed by atoms with Gasteiger partial charge in [0.15, 0.2) is 0 Å². The minimum absolute atomic E-state index is 0.000514. The average molecular weight is 364 g/mol. The van der Waals surface area contributed by atoms with Crippen LogP contribution in [0.2, 0.25) is 0 Å². The van der Waals surface area contributed by atoms with Gasteiger partial charge >= 0.3 is 0 Å². The molecule has 27 heavy (non-hydrogen) atoms. The second-order valence-electron chi connectivity index (χ2n) is 6.90. The smallest absolute Gasteiger partial charge is 0.253 e. The van der Waals surface area contributed by atoms with Gasteiger partial charge in [-0.25, -0.2) is 0 Å². The Labute approximate surface area is 159 Å². The van der Waals surface area contributed by atoms with Crippen molar-refractivity contribution in [3.63, 3.8) is 0 Å². The molecule has 5 nitrogen and oxygen atoms in total. The van der Waals surface area contributed by atoms with Gasteiger partial charge in [-0.05, 0) is 59.4 Å². The van der Waals surface area contributed by atoms with E-state index in [1.165, 1.54) is 11.6 Å². The highest BCUT2D eigenvalue weighted by molar-refractivity contribution is 5.94. The second kappa shape index (κ2) is 8.08. The van der Waals surface area contributed by atoms with E-state index in [1.807, 2.05) is 23.1 Å². The fourth-order valence-corrected chi connectivity index (χ4v) is 3.44. The molecule has 0 bridgehead atoms. The van der Waals surface area contributed by atoms with E-state index < -0.39 is 0 Å². The van der Waals surface area contributed by atoms with Crippen LogP contribution in [0.3, 0.4) is 0 Å². The zero-order valence-electron chi connectivity index (χ0n) is 15.4. The Balaban J connectivity index is 1.69. The van der Waals surface area contributed by atoms with Gasteiger partial charge < -0.3 is 15.3 Å². The number of hydrogen-bond donors (Lipinski definition) is 2. The first-order valence-corrected chi connectivity index (χ1v) is 9.08. The number of amides is 2. The number of rotatable bonds is 4. The number of nitrogens with zero attached hydrogens (tertiary/aromatic N) is 1. The van der Waals surface area contributed by atoms with Crippen molar-refractivity contribution in [3.8, 4) is 5.75 Å². The first-order chi connectivity index (χ1) is 13.0. The normalized spacial score (nSPS) is 16.2. The molecule has 140 valence electrons. The van der Waals surface area contributed by atoms with Gasteiger partial charge in [0.1, 0.15) is 5.75 Å². The molecule has 0 saturated carbocycles. The monoisotopic (exact) mass is 364 g/mol. The van der Waals surface area contributed by atoms with Crippen molar-refractivity contribution in [2.24, 2.45) is 0 Å². The molecule has 5 heteroatoms. The molecule has 3 rings (SSSR count). The number of phenolic OH excluding ortho intramolecular Hbond substituents is 1. The Kier molecular flexibility index (Phi) is 5.60. The van der Waals surface area contributed by atoms with Crippen molar-refractivity contribution in [1.82, 2.24) is 10.2 Å². The molecule has 2 amide bonds. The predicted molar refractivity (Wildman–Crippen MR) is 105 cm³/mol. The summed E-state index contributed by atoms with van der Waals surface area (Å²) in [6, 6.07) is 12.8. The van der Waals surface area contributed by atoms with Gasteiger partial charge in [-0.2, -0.15) is 0 Å². The van der Waals surface area contributed by atoms with Crippen molar-refractivity contribution in [2.45, 2.75) is 25.8 Å². The molecule has 1 heterocycles. The highest BCUT2D eigenvalue weighted by Gasteiger charge is 2.24. The van der Waals surface area contributed by atoms with E-state index in [4.69, 9.17) is 0 Å². The largest absolute Gasteiger partial charge is 0.508 e. The standard InChI is InChI=1S/C22H24N2O3/c1-3-21(26)23-13-16-4-6-18(7-5-16)22(27)24-11-10-17-8-9-19(25)12-20(17)15(2)14-24/h3-9,12,15,25H,1,10-11,13-14H2,2H3,(H,23,26). The summed E-state index contributed by atoms with van der Waals surface area (Å²) in [5.41, 5.74) is 3.85. The highest BCUT2D eigenvalue weighted by atomic mass is 16.3. The second-order valence-corrected chi connectivity index (χ2v) is 6.90. The number of nitrogens with one attached hydrogen (secondary N) is 1. The van der Waals surface area contributed by atoms with Crippen LogP contribution in [0.4, 0.5) is 0 Å². The van der Waals surface area contributed by atoms with Gasteiger partial charge in [-0.1, -0.05) is 31.7 Å². The summed E-state index contributed by atoms with van der Waals surface area (Å²) in [4.78, 5) is 26.0. The fourth-order valence-electron chi connectivity index (χ4n) is 3.44. The molecule has 0 spiro atoms. The zero-order valence-corrected chi connectivity index (χ0v) is 15.4. The van der Waals surface area contributed by atoms with E-state index in [9.17, 15) is 14.7 Å². The Hall–Kier alpha value is -3.08. The highest BCUT2D eigenvalue weighted by Crippen LogP contribution is 2.29. The lowest BCUT2D eigenvalue weighted by atomic mass is 9.95. The quantitative estimate of drug-likeness (QED) is 0.820. The molecular formula is C22H24N2O3. The molecule has 1 aliphatic heterocycles. The summed E-state index contributed by atoms with van der Waals surface area (Å²) in [5.74, 6) is 0.200. The van der Waals surface area contributed by atoms with Crippen LogP contribution < -0.4 is 5.32 Å². The Morgan fingerprint density at radius 2 is 2.00 bits per heavy atom. The average Bonchev–Trinajstić information content (AvgIpc) is 2.85. The van der Waals surface area contributed by atoms with Crippen LogP contribution in [0.5, 0.6) is 5.75 Å². The van der Waals surface area contributed by atoms with Crippen LogP contribution in [0.1, 0.15) is 39.9 Å². The summed E-state index contributed by atoms with van der Waals surface area (Å²) in [6.07, 6.45) is 2.01. The molecule has 2 aromatic rings. The molecule has 0 aromatic heterocycles. The molecule has 1 atom stereocenters. The summed E-state index contributed by atoms with van der Waals surface area (Å²) in [5, 5.41) is 12.5. The van der Waals surface area contributed by atoms with E-state index in [1.54, 1.807) is 24.3 Å². The number of hydrogen-bond acceptors (Lipinski definition) is 3. The third kappa shape index (κ3) is 4.37. The minimum Gasteiger partial charge on any atom is -0.508 e. The predicted octanol–water partition coefficient (Wildman–Crippen LogP) is 3.00. The third-order valence-electron chi connectivity index (χ3n) is 4.95. The Morgan fingerprint density at radius 3 is 2.70 bits per heavy atom. The first-order valence-electron chi connectivity index (χ1n) is 9.08. The zero-order chi connectivity index (χ0) is 19.4. The van der Waals surface area contributed by atoms with Crippen molar-refractivity contribution >= 4 is 11.8 Å². The van der Waals surface area contributed by atoms with Crippen LogP contribution in [-0.2, 0) is 17.8 Å². The van der Waals surface area contributed by atoms with Crippen LogP contribution in [0, 0.1) is 0 Å². The summed E-state index contributed by atoms with van der Waals surface area (Å²) < 4.78 is 0. The van der Waals surface area contributed by atoms with Gasteiger partial charge in [-0.3, -0.25) is 9.59 Å². The molecule has 0 saturated heterocycles. The number of fused-ring (bicyclic) bond motifs is 1. The number of aromatic hydroxyl groups is 1. The van der Waals surface area contributed by atoms with Crippen LogP contribution in [0.25, 0.3) is 0 Å². The van der Waals surface area contributed by atoms with Gasteiger partial charge in [0.05, 0.1) is 0 Å². The summed E-state index contributed by atoms with van der Waals surface area (Å²) in [6.45, 7) is 7.17. The van der Waals surface area contributed by atoms with E-state index in [0.29, 0.717) is 25.2 Å². The maximum Gasteiger partial charge on any atom is 0.253 e. The lowest BCUT2D eigenvalue weighted by molar-refractivity contribution is -0.116. The van der Waals surface area contributed by atoms with Crippen molar-refractivity contribution in [3.05, 3.63) is 77.4 Å². The summed E-state index contributed by atoms with van der Waals surface area (Å²) >= 11 is 0. The molecule has 1 aliphatic rings. The van der Waals surface area contributed by atoms with Crippen molar-refractivity contribution < 1.29 is 14.7 Å². The SMILES string of the molecule is C=CC(=O)NCc1ccc(C(=O)N2CCc3ccc(O)cc3C(C)C2)cc1. The van der Waals surface area contributed by atoms with Crippen molar-refractivity contribution in [2.75, 3.05) is 13.1 Å². The molecular weight excluding hydrogens is 340 g/mol. The molecule has 0 aliphatic carbocycles. The van der Waals surface area contributed by atoms with E-state index in [-0.39, 0.29) is 23.5 Å². The minimum atomic E-state index is -0.223. The van der Waals surface area contributed by atoms with Gasteiger partial charge in [0, 0.05) is 25.2 Å². The van der Waals surface area contributed by atoms with Gasteiger partial charge in [-0.15, -0.1) is 0 Å². The lowest BCUT2D eigenvalue weighted by Gasteiger charge is -2.23. The molecule has 0 fully saturated rings. The number of phenols is 1. The van der Waals surface area contributed by atoms with Crippen LogP contribution in [-0.4, -0.2) is 34.9 Å². The Bertz CT molecular complexity index is 858. The third-order valence-corrected chi connectivity index (χ3v) is 4.95. The first kappa shape index (κ1) is 18.7. The Morgan fingerprint density at radius 1 is 1.26 bits per heavy atom. The van der Waals surface area contributed by atoms with Gasteiger partial charge in [0.25, 0.3) is 5.91 Å². The van der Waals surface area contributed by atoms with E-state index >= 15 is 0 Å². The maximum atomic E-state index is 12.9. The lowest BCUT2D eigenvalue weighted by Crippen LogP contribution is -2.34. The van der Waals surface area contributed by atoms with Crippen LogP contribution in [0.15, 0.2) is 55.1 Å². The number of carbonyl (C=O) groups excluding carboxylic acids is 2. The number of carbonyl (C=O) groups is 2. The molecule has 1 unspecified atom stereocenters. The van der Waals surface area contributed by atoms with E-state index in [0.717, 1.165) is 17.5 Å². The number of benzene rings is 2. The maximum absolute atomic E-state index is 12.9. The van der Waals surface area contributed by atoms with Crippen molar-refractivity contribution in [1.29, 1.82) is 0 Å².